The van der Waals surface area contributed by atoms with Crippen molar-refractivity contribution in [1.82, 2.24) is 24.8 Å². The summed E-state index contributed by atoms with van der Waals surface area (Å²) in [6, 6.07) is 7.47. The van der Waals surface area contributed by atoms with E-state index in [1.165, 1.54) is 24.3 Å². The first-order valence-corrected chi connectivity index (χ1v) is 11.2. The number of carbonyl (C=O) groups excluding carboxylic acids is 2. The Morgan fingerprint density at radius 3 is 2.59 bits per heavy atom. The van der Waals surface area contributed by atoms with Crippen molar-refractivity contribution < 1.29 is 14.0 Å². The van der Waals surface area contributed by atoms with Crippen LogP contribution in [0.2, 0.25) is 0 Å². The molecule has 5 rings (SSSR count). The lowest BCUT2D eigenvalue weighted by molar-refractivity contribution is -0.138. The molecule has 4 heterocycles. The molecule has 166 valence electrons. The predicted octanol–water partition coefficient (Wildman–Crippen LogP) is 3.36. The number of pyridine rings is 1. The van der Waals surface area contributed by atoms with Crippen LogP contribution in [0.5, 0.6) is 0 Å². The van der Waals surface area contributed by atoms with Crippen molar-refractivity contribution in [3.63, 3.8) is 0 Å². The summed E-state index contributed by atoms with van der Waals surface area (Å²) in [5.41, 5.74) is 2.26. The molecule has 2 fully saturated rings. The number of aromatic amines is 1. The smallest absolute Gasteiger partial charge is 0.253 e. The molecule has 8 heteroatoms. The molecular formula is C24H26FN5O2. The standard InChI is InChI=1S/C24H26FN5O2/c25-19-7-5-16(6-8-19)23(31)30-12-2-4-18(15-30)24(32)29-11-1-3-17(14-29)22-27-20-9-10-26-13-21(20)28-22/h5-10,13,17-18H,1-4,11-12,14-15H2,(H,27,28). The number of carbonyl (C=O) groups is 2. The highest BCUT2D eigenvalue weighted by atomic mass is 19.1. The van der Waals surface area contributed by atoms with Crippen LogP contribution in [-0.2, 0) is 4.79 Å². The molecular weight excluding hydrogens is 409 g/mol. The largest absolute Gasteiger partial charge is 0.342 e. The lowest BCUT2D eigenvalue weighted by Crippen LogP contribution is -2.49. The summed E-state index contributed by atoms with van der Waals surface area (Å²) < 4.78 is 13.2. The first kappa shape index (κ1) is 20.6. The molecule has 2 atom stereocenters. The number of rotatable bonds is 3. The van der Waals surface area contributed by atoms with E-state index >= 15 is 0 Å². The van der Waals surface area contributed by atoms with Gasteiger partial charge < -0.3 is 14.8 Å². The Labute approximate surface area is 185 Å². The third kappa shape index (κ3) is 4.09. The van der Waals surface area contributed by atoms with Crippen molar-refractivity contribution in [1.29, 1.82) is 0 Å². The van der Waals surface area contributed by atoms with Gasteiger partial charge in [-0.25, -0.2) is 9.37 Å². The number of nitrogens with zero attached hydrogens (tertiary/aromatic N) is 4. The van der Waals surface area contributed by atoms with Gasteiger partial charge in [0.05, 0.1) is 23.1 Å². The van der Waals surface area contributed by atoms with Crippen LogP contribution in [0.15, 0.2) is 42.7 Å². The number of nitrogens with one attached hydrogen (secondary N) is 1. The van der Waals surface area contributed by atoms with E-state index < -0.39 is 0 Å². The van der Waals surface area contributed by atoms with E-state index in [2.05, 4.69) is 9.97 Å². The average molecular weight is 436 g/mol. The Morgan fingerprint density at radius 1 is 1.00 bits per heavy atom. The lowest BCUT2D eigenvalue weighted by atomic mass is 9.92. The van der Waals surface area contributed by atoms with Crippen LogP contribution < -0.4 is 0 Å². The number of fused-ring (bicyclic) bond motifs is 1. The summed E-state index contributed by atoms with van der Waals surface area (Å²) in [7, 11) is 0. The molecule has 32 heavy (non-hydrogen) atoms. The zero-order valence-electron chi connectivity index (χ0n) is 17.8. The Hall–Kier alpha value is -3.29. The summed E-state index contributed by atoms with van der Waals surface area (Å²) in [4.78, 5) is 42.1. The van der Waals surface area contributed by atoms with E-state index in [1.807, 2.05) is 11.0 Å². The molecule has 0 bridgehead atoms. The third-order valence-corrected chi connectivity index (χ3v) is 6.57. The topological polar surface area (TPSA) is 82.2 Å². The van der Waals surface area contributed by atoms with Crippen molar-refractivity contribution >= 4 is 22.8 Å². The van der Waals surface area contributed by atoms with E-state index in [0.717, 1.165) is 49.1 Å². The summed E-state index contributed by atoms with van der Waals surface area (Å²) in [5.74, 6) is 0.474. The lowest BCUT2D eigenvalue weighted by Gasteiger charge is -2.38. The Kier molecular flexibility index (Phi) is 5.59. The van der Waals surface area contributed by atoms with E-state index in [4.69, 9.17) is 4.98 Å². The van der Waals surface area contributed by atoms with Gasteiger partial charge in [-0.2, -0.15) is 0 Å². The zero-order chi connectivity index (χ0) is 22.1. The highest BCUT2D eigenvalue weighted by molar-refractivity contribution is 5.94. The number of benzene rings is 1. The van der Waals surface area contributed by atoms with Crippen LogP contribution in [0.25, 0.3) is 11.0 Å². The molecule has 2 unspecified atom stereocenters. The normalized spacial score (nSPS) is 21.7. The minimum absolute atomic E-state index is 0.115. The van der Waals surface area contributed by atoms with Crippen LogP contribution in [0.4, 0.5) is 4.39 Å². The second kappa shape index (κ2) is 8.68. The molecule has 0 spiro atoms. The fourth-order valence-electron chi connectivity index (χ4n) is 4.87. The quantitative estimate of drug-likeness (QED) is 0.684. The van der Waals surface area contributed by atoms with Gasteiger partial charge in [0.1, 0.15) is 11.6 Å². The molecule has 2 aromatic heterocycles. The van der Waals surface area contributed by atoms with Crippen molar-refractivity contribution in [2.45, 2.75) is 31.6 Å². The van der Waals surface area contributed by atoms with Gasteiger partial charge in [-0.15, -0.1) is 0 Å². The SMILES string of the molecule is O=C(c1ccc(F)cc1)N1CCCC(C(=O)N2CCCC(c3nc4ccncc4[nH]3)C2)C1. The molecule has 7 nitrogen and oxygen atoms in total. The van der Waals surface area contributed by atoms with Crippen molar-refractivity contribution in [2.75, 3.05) is 26.2 Å². The summed E-state index contributed by atoms with van der Waals surface area (Å²) >= 11 is 0. The van der Waals surface area contributed by atoms with Gasteiger partial charge in [0.2, 0.25) is 5.91 Å². The fraction of sp³-hybridized carbons (Fsp3) is 0.417. The number of hydrogen-bond donors (Lipinski definition) is 1. The Morgan fingerprint density at radius 2 is 1.78 bits per heavy atom. The number of H-pyrrole nitrogens is 1. The van der Waals surface area contributed by atoms with Gasteiger partial charge in [-0.05, 0) is 56.0 Å². The maximum Gasteiger partial charge on any atom is 0.253 e. The number of piperidine rings is 2. The maximum absolute atomic E-state index is 13.3. The summed E-state index contributed by atoms with van der Waals surface area (Å²) in [6.07, 6.45) is 6.98. The highest BCUT2D eigenvalue weighted by Gasteiger charge is 2.34. The van der Waals surface area contributed by atoms with Crippen molar-refractivity contribution in [3.05, 3.63) is 59.9 Å². The second-order valence-electron chi connectivity index (χ2n) is 8.74. The first-order chi connectivity index (χ1) is 15.6. The van der Waals surface area contributed by atoms with E-state index in [-0.39, 0.29) is 29.5 Å². The average Bonchev–Trinajstić information content (AvgIpc) is 3.28. The molecule has 0 aliphatic carbocycles. The number of amides is 2. The second-order valence-corrected chi connectivity index (χ2v) is 8.74. The molecule has 0 saturated carbocycles. The molecule has 0 radical (unpaired) electrons. The van der Waals surface area contributed by atoms with Crippen molar-refractivity contribution in [3.8, 4) is 0 Å². The zero-order valence-corrected chi connectivity index (χ0v) is 17.8. The maximum atomic E-state index is 13.3. The number of likely N-dealkylation sites (tertiary alicyclic amines) is 2. The Balaban J connectivity index is 1.25. The highest BCUT2D eigenvalue weighted by Crippen LogP contribution is 2.29. The predicted molar refractivity (Wildman–Crippen MR) is 117 cm³/mol. The number of aromatic nitrogens is 3. The summed E-state index contributed by atoms with van der Waals surface area (Å²) in [6.45, 7) is 2.40. The van der Waals surface area contributed by atoms with Crippen LogP contribution >= 0.6 is 0 Å². The van der Waals surface area contributed by atoms with Crippen LogP contribution in [-0.4, -0.2) is 62.7 Å². The number of hydrogen-bond acceptors (Lipinski definition) is 4. The van der Waals surface area contributed by atoms with Crippen LogP contribution in [0, 0.1) is 11.7 Å². The molecule has 2 saturated heterocycles. The van der Waals surface area contributed by atoms with E-state index in [0.29, 0.717) is 25.2 Å². The van der Waals surface area contributed by atoms with Gasteiger partial charge in [0.15, 0.2) is 0 Å². The van der Waals surface area contributed by atoms with E-state index in [9.17, 15) is 14.0 Å². The number of halogens is 1. The minimum Gasteiger partial charge on any atom is -0.342 e. The van der Waals surface area contributed by atoms with E-state index in [1.54, 1.807) is 17.3 Å². The molecule has 1 N–H and O–H groups in total. The van der Waals surface area contributed by atoms with Crippen LogP contribution in [0.1, 0.15) is 47.8 Å². The molecule has 2 aliphatic rings. The third-order valence-electron chi connectivity index (χ3n) is 6.57. The minimum atomic E-state index is -0.367. The van der Waals surface area contributed by atoms with Gasteiger partial charge in [-0.1, -0.05) is 0 Å². The molecule has 1 aromatic carbocycles. The van der Waals surface area contributed by atoms with Crippen molar-refractivity contribution in [2.24, 2.45) is 5.92 Å². The molecule has 2 amide bonds. The van der Waals surface area contributed by atoms with Gasteiger partial charge in [0, 0.05) is 43.9 Å². The van der Waals surface area contributed by atoms with Gasteiger partial charge in [0.25, 0.3) is 5.91 Å². The van der Waals surface area contributed by atoms with Gasteiger partial charge in [-0.3, -0.25) is 14.6 Å². The Bertz CT molecular complexity index is 1100. The summed E-state index contributed by atoms with van der Waals surface area (Å²) in [5, 5.41) is 0. The monoisotopic (exact) mass is 435 g/mol. The molecule has 2 aliphatic heterocycles. The first-order valence-electron chi connectivity index (χ1n) is 11.2. The fourth-order valence-corrected chi connectivity index (χ4v) is 4.87. The van der Waals surface area contributed by atoms with Gasteiger partial charge >= 0.3 is 0 Å². The molecule has 3 aromatic rings. The van der Waals surface area contributed by atoms with Crippen LogP contribution in [0.3, 0.4) is 0 Å². The number of imidazole rings is 1.